The first kappa shape index (κ1) is 15.2. The van der Waals surface area contributed by atoms with Gasteiger partial charge in [0.15, 0.2) is 0 Å². The van der Waals surface area contributed by atoms with E-state index in [-0.39, 0.29) is 0 Å². The van der Waals surface area contributed by atoms with Gasteiger partial charge in [-0.1, -0.05) is 47.6 Å². The fraction of sp³-hybridized carbons (Fsp3) is 0.529. The zero-order chi connectivity index (χ0) is 14.9. The Morgan fingerprint density at radius 2 is 1.50 bits per heavy atom. The van der Waals surface area contributed by atoms with Gasteiger partial charge in [0, 0.05) is 17.1 Å². The van der Waals surface area contributed by atoms with Gasteiger partial charge in [-0.2, -0.15) is 0 Å². The summed E-state index contributed by atoms with van der Waals surface area (Å²) in [7, 11) is -1.87. The number of H-pyrrole nitrogens is 1. The lowest BCUT2D eigenvalue weighted by molar-refractivity contribution is 0.484. The van der Waals surface area contributed by atoms with E-state index in [9.17, 15) is 0 Å². The second kappa shape index (κ2) is 5.64. The van der Waals surface area contributed by atoms with E-state index in [0.717, 1.165) is 11.3 Å². The van der Waals surface area contributed by atoms with Crippen LogP contribution in [0.5, 0.6) is 5.75 Å². The molecule has 0 radical (unpaired) electrons. The summed E-state index contributed by atoms with van der Waals surface area (Å²) in [5.74, 6) is 1.05. The maximum absolute atomic E-state index is 6.78. The van der Waals surface area contributed by atoms with Crippen LogP contribution in [0, 0.1) is 0 Å². The van der Waals surface area contributed by atoms with Crippen LogP contribution in [0.25, 0.3) is 10.9 Å². The van der Waals surface area contributed by atoms with Crippen molar-refractivity contribution in [3.8, 4) is 5.75 Å². The van der Waals surface area contributed by atoms with Gasteiger partial charge in [-0.3, -0.25) is 0 Å². The third-order valence-electron chi connectivity index (χ3n) is 4.55. The predicted molar refractivity (Wildman–Crippen MR) is 90.0 cm³/mol. The highest BCUT2D eigenvalue weighted by molar-refractivity contribution is 6.78. The number of nitrogens with one attached hydrogen (secondary N) is 1. The Morgan fingerprint density at radius 3 is 2.05 bits per heavy atom. The SMILES string of the molecule is CC(C)[Si](Oc1cccc2[nH]ccc12)(C(C)C)C(C)C. The molecule has 110 valence electrons. The van der Waals surface area contributed by atoms with Crippen molar-refractivity contribution in [2.75, 3.05) is 0 Å². The molecule has 0 spiro atoms. The average Bonchev–Trinajstić information content (AvgIpc) is 2.83. The van der Waals surface area contributed by atoms with Crippen molar-refractivity contribution in [2.24, 2.45) is 0 Å². The maximum atomic E-state index is 6.78. The van der Waals surface area contributed by atoms with Crippen LogP contribution >= 0.6 is 0 Å². The molecule has 0 aliphatic rings. The van der Waals surface area contributed by atoms with Gasteiger partial charge in [0.1, 0.15) is 5.75 Å². The average molecular weight is 289 g/mol. The van der Waals surface area contributed by atoms with E-state index in [1.165, 1.54) is 5.39 Å². The lowest BCUT2D eigenvalue weighted by Crippen LogP contribution is -2.50. The van der Waals surface area contributed by atoms with Crippen molar-refractivity contribution >= 4 is 19.2 Å². The molecule has 1 aromatic carbocycles. The molecule has 0 fully saturated rings. The molecule has 2 nitrogen and oxygen atoms in total. The Hall–Kier alpha value is -1.22. The molecule has 1 aromatic heterocycles. The third-order valence-corrected chi connectivity index (χ3v) is 10.5. The molecule has 0 atom stereocenters. The van der Waals surface area contributed by atoms with Gasteiger partial charge in [0.05, 0.1) is 0 Å². The van der Waals surface area contributed by atoms with Gasteiger partial charge in [-0.05, 0) is 34.8 Å². The molecule has 2 rings (SSSR count). The molecule has 0 unspecified atom stereocenters. The number of hydrogen-bond acceptors (Lipinski definition) is 1. The zero-order valence-electron chi connectivity index (χ0n) is 13.5. The molecular weight excluding hydrogens is 262 g/mol. The standard InChI is InChI=1S/C17H27NOSi/c1-12(2)20(13(3)4,14(5)6)19-17-9-7-8-16-15(17)10-11-18-16/h7-14,18H,1-6H3. The molecular formula is C17H27NOSi. The van der Waals surface area contributed by atoms with E-state index in [4.69, 9.17) is 4.43 Å². The summed E-state index contributed by atoms with van der Waals surface area (Å²) >= 11 is 0. The maximum Gasteiger partial charge on any atom is 0.258 e. The summed E-state index contributed by atoms with van der Waals surface area (Å²) in [4.78, 5) is 3.27. The summed E-state index contributed by atoms with van der Waals surface area (Å²) in [6.45, 7) is 13.9. The number of aromatic amines is 1. The zero-order valence-corrected chi connectivity index (χ0v) is 14.5. The summed E-state index contributed by atoms with van der Waals surface area (Å²) < 4.78 is 6.78. The van der Waals surface area contributed by atoms with Gasteiger partial charge in [0.2, 0.25) is 0 Å². The quantitative estimate of drug-likeness (QED) is 0.699. The van der Waals surface area contributed by atoms with Gasteiger partial charge < -0.3 is 9.41 Å². The summed E-state index contributed by atoms with van der Waals surface area (Å²) in [6.07, 6.45) is 1.99. The number of aromatic nitrogens is 1. The monoisotopic (exact) mass is 289 g/mol. The molecule has 0 amide bonds. The summed E-state index contributed by atoms with van der Waals surface area (Å²) in [6, 6.07) is 8.41. The Bertz CT molecular complexity index is 549. The molecule has 0 aliphatic heterocycles. The van der Waals surface area contributed by atoms with Crippen LogP contribution in [0.4, 0.5) is 0 Å². The van der Waals surface area contributed by atoms with Crippen molar-refractivity contribution in [1.82, 2.24) is 4.98 Å². The summed E-state index contributed by atoms with van der Waals surface area (Å²) in [5, 5.41) is 1.20. The smallest absolute Gasteiger partial charge is 0.258 e. The molecule has 20 heavy (non-hydrogen) atoms. The Labute approximate surface area is 123 Å². The van der Waals surface area contributed by atoms with Crippen molar-refractivity contribution in [2.45, 2.75) is 58.2 Å². The number of hydrogen-bond donors (Lipinski definition) is 1. The molecule has 3 heteroatoms. The van der Waals surface area contributed by atoms with Crippen molar-refractivity contribution in [3.63, 3.8) is 0 Å². The molecule has 1 N–H and O–H groups in total. The topological polar surface area (TPSA) is 25.0 Å². The van der Waals surface area contributed by atoms with Crippen LogP contribution in [-0.2, 0) is 0 Å². The van der Waals surface area contributed by atoms with Crippen LogP contribution in [0.2, 0.25) is 16.6 Å². The van der Waals surface area contributed by atoms with E-state index >= 15 is 0 Å². The second-order valence-corrected chi connectivity index (χ2v) is 12.0. The minimum atomic E-state index is -1.87. The van der Waals surface area contributed by atoms with Crippen molar-refractivity contribution in [1.29, 1.82) is 0 Å². The highest BCUT2D eigenvalue weighted by Crippen LogP contribution is 2.43. The fourth-order valence-electron chi connectivity index (χ4n) is 3.69. The highest BCUT2D eigenvalue weighted by Gasteiger charge is 2.47. The van der Waals surface area contributed by atoms with Crippen LogP contribution in [0.1, 0.15) is 41.5 Å². The first-order valence-corrected chi connectivity index (χ1v) is 9.78. The first-order valence-electron chi connectivity index (χ1n) is 7.64. The minimum Gasteiger partial charge on any atom is -0.542 e. The van der Waals surface area contributed by atoms with Gasteiger partial charge in [0.25, 0.3) is 8.32 Å². The van der Waals surface area contributed by atoms with E-state index in [1.54, 1.807) is 0 Å². The van der Waals surface area contributed by atoms with Gasteiger partial charge in [-0.25, -0.2) is 0 Å². The van der Waals surface area contributed by atoms with Crippen LogP contribution in [0.3, 0.4) is 0 Å². The molecule has 0 saturated heterocycles. The van der Waals surface area contributed by atoms with E-state index in [0.29, 0.717) is 16.6 Å². The Morgan fingerprint density at radius 1 is 0.900 bits per heavy atom. The normalized spacial score (nSPS) is 12.8. The molecule has 0 bridgehead atoms. The van der Waals surface area contributed by atoms with E-state index < -0.39 is 8.32 Å². The Balaban J connectivity index is 2.49. The van der Waals surface area contributed by atoms with Crippen LogP contribution < -0.4 is 4.43 Å². The van der Waals surface area contributed by atoms with Gasteiger partial charge >= 0.3 is 0 Å². The molecule has 0 saturated carbocycles. The minimum absolute atomic E-state index is 0.594. The molecule has 0 aliphatic carbocycles. The van der Waals surface area contributed by atoms with Crippen LogP contribution in [0.15, 0.2) is 30.5 Å². The second-order valence-electron chi connectivity index (χ2n) is 6.61. The number of fused-ring (bicyclic) bond motifs is 1. The van der Waals surface area contributed by atoms with Crippen molar-refractivity contribution in [3.05, 3.63) is 30.5 Å². The lowest BCUT2D eigenvalue weighted by Gasteiger charge is -2.42. The third kappa shape index (κ3) is 2.39. The Kier molecular flexibility index (Phi) is 4.28. The first-order chi connectivity index (χ1) is 9.39. The fourth-order valence-corrected chi connectivity index (χ4v) is 8.96. The lowest BCUT2D eigenvalue weighted by atomic mass is 10.2. The van der Waals surface area contributed by atoms with Crippen LogP contribution in [-0.4, -0.2) is 13.3 Å². The predicted octanol–water partition coefficient (Wildman–Crippen LogP) is 5.72. The highest BCUT2D eigenvalue weighted by atomic mass is 28.4. The number of benzene rings is 1. The van der Waals surface area contributed by atoms with E-state index in [1.807, 2.05) is 6.20 Å². The van der Waals surface area contributed by atoms with Crippen molar-refractivity contribution < 1.29 is 4.43 Å². The molecule has 1 heterocycles. The number of rotatable bonds is 5. The van der Waals surface area contributed by atoms with Gasteiger partial charge in [-0.15, -0.1) is 0 Å². The van der Waals surface area contributed by atoms with E-state index in [2.05, 4.69) is 70.8 Å². The largest absolute Gasteiger partial charge is 0.542 e. The summed E-state index contributed by atoms with van der Waals surface area (Å²) in [5.41, 5.74) is 2.94. The molecule has 2 aromatic rings.